The minimum Gasteiger partial charge on any atom is -0.455 e. The molecular formula is C110H72N2O2S2. The Morgan fingerprint density at radius 2 is 0.603 bits per heavy atom. The van der Waals surface area contributed by atoms with Crippen molar-refractivity contribution in [3.63, 3.8) is 0 Å². The predicted molar refractivity (Wildman–Crippen MR) is 493 cm³/mol. The molecule has 0 unspecified atom stereocenters. The molecule has 6 heteroatoms. The maximum atomic E-state index is 7.12. The fraction of sp³-hybridized carbons (Fsp3) is 0.0545. The van der Waals surface area contributed by atoms with Crippen molar-refractivity contribution in [2.45, 2.75) is 38.5 Å². The van der Waals surface area contributed by atoms with Crippen molar-refractivity contribution in [1.29, 1.82) is 0 Å². The van der Waals surface area contributed by atoms with Gasteiger partial charge in [0.1, 0.15) is 22.3 Å². The Morgan fingerprint density at radius 3 is 1.17 bits per heavy atom. The molecule has 0 spiro atoms. The van der Waals surface area contributed by atoms with Crippen LogP contribution in [0.15, 0.2) is 373 Å². The van der Waals surface area contributed by atoms with Crippen molar-refractivity contribution in [3.05, 3.63) is 386 Å². The molecule has 2 aliphatic carbocycles. The second-order valence-electron chi connectivity index (χ2n) is 32.5. The Labute approximate surface area is 678 Å². The number of nitrogens with zero attached hydrogens (tertiary/aromatic N) is 2. The van der Waals surface area contributed by atoms with Crippen molar-refractivity contribution in [1.82, 2.24) is 0 Å². The van der Waals surface area contributed by atoms with Gasteiger partial charge in [0.2, 0.25) is 0 Å². The SMILES string of the molecule is CC1(C)c2ccccc2-c2ccc(N(c3ccc(-c4ccc5sc6ccc(-c7ccc8c(ccc9c8oc8cccc(-c%10ccccc%10N(c%10ccc(-c%11ccc%12c(c%11)sc%11ccccc%11%12)cc%10)c%10ccc%11c(c%10)C(C)(C)c%10ccccc%10-%11)c89)c7)cc6c5c4)cc3)c3ccccc3-c3cccc4oc5c6ccccc6ccc5c34)cc21. The summed E-state index contributed by atoms with van der Waals surface area (Å²) >= 11 is 3.72. The highest BCUT2D eigenvalue weighted by Gasteiger charge is 2.38. The van der Waals surface area contributed by atoms with Gasteiger partial charge in [-0.1, -0.05) is 258 Å². The van der Waals surface area contributed by atoms with E-state index >= 15 is 0 Å². The summed E-state index contributed by atoms with van der Waals surface area (Å²) in [5.41, 5.74) is 31.8. The average Bonchev–Trinajstić information content (AvgIpc) is 1.58. The largest absolute Gasteiger partial charge is 0.455 e. The third kappa shape index (κ3) is 10.1. The van der Waals surface area contributed by atoms with Crippen LogP contribution in [0.1, 0.15) is 49.9 Å². The molecule has 546 valence electrons. The van der Waals surface area contributed by atoms with Gasteiger partial charge in [-0.05, 0) is 233 Å². The molecule has 0 saturated heterocycles. The molecule has 2 aliphatic rings. The van der Waals surface area contributed by atoms with Crippen molar-refractivity contribution in [2.24, 2.45) is 0 Å². The Hall–Kier alpha value is -13.9. The van der Waals surface area contributed by atoms with E-state index in [1.165, 1.54) is 107 Å². The molecule has 0 aliphatic heterocycles. The molecule has 22 aromatic rings. The van der Waals surface area contributed by atoms with Crippen LogP contribution in [0.25, 0.3) is 184 Å². The van der Waals surface area contributed by atoms with Gasteiger partial charge in [0.05, 0.1) is 11.4 Å². The standard InChI is InChI=1S/C110H72N2O2S2/c1-109(2)93-28-12-7-21-79(93)81-55-49-75(63-95(81)109)111(97-30-14-9-23-83(97)87-26-17-32-99-105(87)89-53-39-67-19-5-6-20-77(67)107(89)113-99)73-45-35-65(36-46-73)69-43-57-102-91(60-69)92-61-70(44-58-103(92)115-102)68-40-51-78-72(59-68)42-54-90-106-88(27-18-33-100(106)114-108(78)90)84-24-10-15-31-98(84)112(76-50-56-82-80-22-8-13-29-94(80)110(3,4)96(82)64-76)74-47-37-66(38-48-74)71-41-52-86-85-25-11-16-34-101(85)116-104(86)62-71/h5-64H,1-4H3. The van der Waals surface area contributed by atoms with Crippen molar-refractivity contribution in [2.75, 3.05) is 9.80 Å². The minimum absolute atomic E-state index is 0.186. The van der Waals surface area contributed by atoms with Crippen LogP contribution in [0.2, 0.25) is 0 Å². The third-order valence-electron chi connectivity index (χ3n) is 25.5. The zero-order valence-corrected chi connectivity index (χ0v) is 65.8. The van der Waals surface area contributed by atoms with Crippen LogP contribution in [-0.2, 0) is 10.8 Å². The smallest absolute Gasteiger partial charge is 0.143 e. The number of anilines is 6. The fourth-order valence-electron chi connectivity index (χ4n) is 19.8. The van der Waals surface area contributed by atoms with Gasteiger partial charge in [-0.15, -0.1) is 22.7 Å². The van der Waals surface area contributed by atoms with Crippen LogP contribution in [0.5, 0.6) is 0 Å². The summed E-state index contributed by atoms with van der Waals surface area (Å²) < 4.78 is 19.1. The summed E-state index contributed by atoms with van der Waals surface area (Å²) in [4.78, 5) is 4.94. The zero-order valence-electron chi connectivity index (χ0n) is 64.2. The Bertz CT molecular complexity index is 7920. The number of rotatable bonds is 11. The van der Waals surface area contributed by atoms with Crippen LogP contribution in [0.3, 0.4) is 0 Å². The van der Waals surface area contributed by atoms with E-state index < -0.39 is 0 Å². The van der Waals surface area contributed by atoms with E-state index in [-0.39, 0.29) is 10.8 Å². The van der Waals surface area contributed by atoms with Crippen molar-refractivity contribution >= 4 is 163 Å². The number of para-hydroxylation sites is 2. The molecule has 0 bridgehead atoms. The third-order valence-corrected chi connectivity index (χ3v) is 27.8. The highest BCUT2D eigenvalue weighted by molar-refractivity contribution is 7.26. The molecule has 4 nitrogen and oxygen atoms in total. The van der Waals surface area contributed by atoms with Crippen molar-refractivity contribution in [3.8, 4) is 77.9 Å². The quantitative estimate of drug-likeness (QED) is 0.129. The van der Waals surface area contributed by atoms with Crippen molar-refractivity contribution < 1.29 is 8.83 Å². The summed E-state index contributed by atoms with van der Waals surface area (Å²) in [5.74, 6) is 0. The van der Waals surface area contributed by atoms with Gasteiger partial charge in [0, 0.05) is 117 Å². The van der Waals surface area contributed by atoms with E-state index in [2.05, 4.69) is 401 Å². The molecule has 0 saturated carbocycles. The van der Waals surface area contributed by atoms with Gasteiger partial charge in [-0.3, -0.25) is 0 Å². The summed E-state index contributed by atoms with van der Waals surface area (Å²) in [6.07, 6.45) is 0. The lowest BCUT2D eigenvalue weighted by molar-refractivity contribution is 0.660. The lowest BCUT2D eigenvalue weighted by Crippen LogP contribution is -2.16. The van der Waals surface area contributed by atoms with Crippen LogP contribution in [-0.4, -0.2) is 0 Å². The van der Waals surface area contributed by atoms with Crippen LogP contribution >= 0.6 is 22.7 Å². The molecular weight excluding hydrogens is 1450 g/mol. The van der Waals surface area contributed by atoms with E-state index in [0.29, 0.717) is 0 Å². The van der Waals surface area contributed by atoms with E-state index in [1.54, 1.807) is 0 Å². The van der Waals surface area contributed by atoms with Gasteiger partial charge in [0.15, 0.2) is 0 Å². The topological polar surface area (TPSA) is 32.8 Å². The van der Waals surface area contributed by atoms with E-state index in [4.69, 9.17) is 8.83 Å². The van der Waals surface area contributed by atoms with Gasteiger partial charge in [-0.2, -0.15) is 0 Å². The summed E-state index contributed by atoms with van der Waals surface area (Å²) in [6.45, 7) is 9.48. The maximum absolute atomic E-state index is 7.12. The molecule has 0 amide bonds. The predicted octanol–water partition coefficient (Wildman–Crippen LogP) is 32.4. The number of fused-ring (bicyclic) bond motifs is 22. The Morgan fingerprint density at radius 1 is 0.224 bits per heavy atom. The molecule has 0 radical (unpaired) electrons. The molecule has 0 N–H and O–H groups in total. The number of furan rings is 2. The second kappa shape index (κ2) is 25.3. The normalized spacial score (nSPS) is 13.3. The molecule has 4 aromatic heterocycles. The first-order valence-corrected chi connectivity index (χ1v) is 41.7. The lowest BCUT2D eigenvalue weighted by atomic mass is 9.82. The highest BCUT2D eigenvalue weighted by atomic mass is 32.1. The number of thiophene rings is 2. The minimum atomic E-state index is -0.189. The number of hydrogen-bond donors (Lipinski definition) is 0. The average molecular weight is 1520 g/mol. The van der Waals surface area contributed by atoms with Gasteiger partial charge >= 0.3 is 0 Å². The number of hydrogen-bond acceptors (Lipinski definition) is 6. The van der Waals surface area contributed by atoms with E-state index in [9.17, 15) is 0 Å². The van der Waals surface area contributed by atoms with Gasteiger partial charge in [0.25, 0.3) is 0 Å². The molecule has 4 heterocycles. The molecule has 0 atom stereocenters. The van der Waals surface area contributed by atoms with Crippen LogP contribution in [0, 0.1) is 0 Å². The highest BCUT2D eigenvalue weighted by Crippen LogP contribution is 2.56. The molecule has 18 aromatic carbocycles. The fourth-order valence-corrected chi connectivity index (χ4v) is 22.0. The first-order chi connectivity index (χ1) is 57.0. The summed E-state index contributed by atoms with van der Waals surface area (Å²) in [5, 5.41) is 14.0. The summed E-state index contributed by atoms with van der Waals surface area (Å²) in [6, 6.07) is 135. The Balaban J connectivity index is 0.573. The van der Waals surface area contributed by atoms with E-state index in [0.717, 1.165) is 133 Å². The number of benzene rings is 18. The summed E-state index contributed by atoms with van der Waals surface area (Å²) in [7, 11) is 0. The first-order valence-electron chi connectivity index (χ1n) is 40.1. The van der Waals surface area contributed by atoms with Crippen LogP contribution in [0.4, 0.5) is 34.1 Å². The lowest BCUT2D eigenvalue weighted by Gasteiger charge is -2.30. The second-order valence-corrected chi connectivity index (χ2v) is 34.7. The maximum Gasteiger partial charge on any atom is 0.143 e. The first kappa shape index (κ1) is 66.7. The monoisotopic (exact) mass is 1520 g/mol. The van der Waals surface area contributed by atoms with Gasteiger partial charge < -0.3 is 18.6 Å². The molecule has 24 rings (SSSR count). The zero-order chi connectivity index (χ0) is 76.8. The Kier molecular flexibility index (Phi) is 14.6. The molecule has 0 fully saturated rings. The van der Waals surface area contributed by atoms with Gasteiger partial charge in [-0.25, -0.2) is 0 Å². The van der Waals surface area contributed by atoms with E-state index in [1.807, 2.05) is 22.7 Å². The molecule has 116 heavy (non-hydrogen) atoms. The van der Waals surface area contributed by atoms with Crippen LogP contribution < -0.4 is 9.80 Å².